The van der Waals surface area contributed by atoms with Gasteiger partial charge in [0.15, 0.2) is 0 Å². The molecule has 4 heterocycles. The van der Waals surface area contributed by atoms with Gasteiger partial charge in [-0.15, -0.1) is 11.3 Å². The lowest BCUT2D eigenvalue weighted by atomic mass is 10.0. The van der Waals surface area contributed by atoms with Crippen molar-refractivity contribution < 1.29 is 19.1 Å². The third-order valence-electron chi connectivity index (χ3n) is 5.51. The minimum atomic E-state index is -0.669. The molecule has 0 aliphatic carbocycles. The van der Waals surface area contributed by atoms with Crippen LogP contribution in [0.1, 0.15) is 49.7 Å². The Morgan fingerprint density at radius 1 is 1.14 bits per heavy atom. The van der Waals surface area contributed by atoms with Crippen LogP contribution in [0.5, 0.6) is 0 Å². The number of carbonyl (C=O) groups excluding carboxylic acids is 3. The van der Waals surface area contributed by atoms with Gasteiger partial charge in [-0.2, -0.15) is 0 Å². The molecular formula is C25H29N5O4S. The molecule has 10 heteroatoms. The molecule has 0 aromatic carbocycles. The molecule has 184 valence electrons. The number of piperidine rings is 1. The fraction of sp³-hybridized carbons (Fsp3) is 0.400. The van der Waals surface area contributed by atoms with E-state index in [9.17, 15) is 14.4 Å². The average Bonchev–Trinajstić information content (AvgIpc) is 3.24. The van der Waals surface area contributed by atoms with Gasteiger partial charge in [-0.3, -0.25) is 14.5 Å². The van der Waals surface area contributed by atoms with Crippen LogP contribution in [-0.4, -0.2) is 62.9 Å². The summed E-state index contributed by atoms with van der Waals surface area (Å²) in [5, 5.41) is 5.68. The van der Waals surface area contributed by atoms with E-state index in [4.69, 9.17) is 4.74 Å². The van der Waals surface area contributed by atoms with Crippen molar-refractivity contribution in [3.63, 3.8) is 0 Å². The summed E-state index contributed by atoms with van der Waals surface area (Å²) in [6.45, 7) is 6.71. The SMILES string of the molecule is CC(C)(C)OC(=O)N1CC(=O)Nc2ncc(/C=C/C(=O)N3CCC(=Cc4nccs4)CC3)cc2C1. The number of hydrogen-bond donors (Lipinski definition) is 1. The number of pyridine rings is 1. The van der Waals surface area contributed by atoms with E-state index in [0.29, 0.717) is 30.0 Å². The molecule has 3 amide bonds. The Bertz CT molecular complexity index is 1160. The van der Waals surface area contributed by atoms with Crippen molar-refractivity contribution >= 4 is 47.2 Å². The second-order valence-electron chi connectivity index (χ2n) is 9.49. The third-order valence-corrected chi connectivity index (χ3v) is 6.23. The number of nitrogens with zero attached hydrogens (tertiary/aromatic N) is 4. The molecule has 1 N–H and O–H groups in total. The van der Waals surface area contributed by atoms with Crippen LogP contribution in [0, 0.1) is 0 Å². The maximum absolute atomic E-state index is 12.7. The summed E-state index contributed by atoms with van der Waals surface area (Å²) in [5.74, 6) is 0.00555. The van der Waals surface area contributed by atoms with E-state index in [1.165, 1.54) is 10.5 Å². The summed E-state index contributed by atoms with van der Waals surface area (Å²) >= 11 is 1.61. The van der Waals surface area contributed by atoms with E-state index >= 15 is 0 Å². The molecule has 0 atom stereocenters. The number of carbonyl (C=O) groups is 3. The van der Waals surface area contributed by atoms with Crippen LogP contribution in [0.15, 0.2) is 35.5 Å². The van der Waals surface area contributed by atoms with Crippen LogP contribution in [0.3, 0.4) is 0 Å². The summed E-state index contributed by atoms with van der Waals surface area (Å²) < 4.78 is 5.42. The molecule has 2 aliphatic heterocycles. The van der Waals surface area contributed by atoms with Crippen molar-refractivity contribution in [1.29, 1.82) is 0 Å². The van der Waals surface area contributed by atoms with Crippen LogP contribution in [-0.2, 0) is 20.9 Å². The average molecular weight is 496 g/mol. The van der Waals surface area contributed by atoms with Crippen LogP contribution in [0.25, 0.3) is 12.2 Å². The molecule has 9 nitrogen and oxygen atoms in total. The number of likely N-dealkylation sites (tertiary alicyclic amines) is 1. The number of thiazole rings is 1. The molecule has 0 saturated carbocycles. The van der Waals surface area contributed by atoms with Gasteiger partial charge in [-0.25, -0.2) is 14.8 Å². The molecule has 0 unspecified atom stereocenters. The summed E-state index contributed by atoms with van der Waals surface area (Å²) in [4.78, 5) is 49.3. The van der Waals surface area contributed by atoms with Crippen LogP contribution < -0.4 is 5.32 Å². The molecule has 4 rings (SSSR count). The zero-order valence-corrected chi connectivity index (χ0v) is 20.9. The predicted molar refractivity (Wildman–Crippen MR) is 134 cm³/mol. The van der Waals surface area contributed by atoms with Gasteiger partial charge in [-0.1, -0.05) is 5.57 Å². The number of nitrogens with one attached hydrogen (secondary N) is 1. The quantitative estimate of drug-likeness (QED) is 0.647. The van der Waals surface area contributed by atoms with Gasteiger partial charge in [0.1, 0.15) is 23.0 Å². The van der Waals surface area contributed by atoms with Gasteiger partial charge in [0.25, 0.3) is 0 Å². The molecule has 1 saturated heterocycles. The smallest absolute Gasteiger partial charge is 0.411 e. The first-order valence-electron chi connectivity index (χ1n) is 11.5. The van der Waals surface area contributed by atoms with Crippen molar-refractivity contribution in [3.05, 3.63) is 51.6 Å². The highest BCUT2D eigenvalue weighted by atomic mass is 32.1. The Morgan fingerprint density at radius 2 is 1.91 bits per heavy atom. The van der Waals surface area contributed by atoms with E-state index in [1.54, 1.807) is 56.7 Å². The van der Waals surface area contributed by atoms with Crippen LogP contribution in [0.4, 0.5) is 10.6 Å². The van der Waals surface area contributed by atoms with Gasteiger partial charge in [0.2, 0.25) is 11.8 Å². The minimum Gasteiger partial charge on any atom is -0.444 e. The molecule has 0 spiro atoms. The number of fused-ring (bicyclic) bond motifs is 1. The van der Waals surface area contributed by atoms with Gasteiger partial charge < -0.3 is 15.0 Å². The number of rotatable bonds is 3. The van der Waals surface area contributed by atoms with Gasteiger partial charge in [0, 0.05) is 42.5 Å². The Morgan fingerprint density at radius 3 is 2.60 bits per heavy atom. The van der Waals surface area contributed by atoms with Gasteiger partial charge in [-0.05, 0) is 57.4 Å². The van der Waals surface area contributed by atoms with Crippen molar-refractivity contribution in [3.8, 4) is 0 Å². The zero-order valence-electron chi connectivity index (χ0n) is 20.1. The van der Waals surface area contributed by atoms with Gasteiger partial charge >= 0.3 is 6.09 Å². The molecule has 35 heavy (non-hydrogen) atoms. The molecule has 0 bridgehead atoms. The second kappa shape index (κ2) is 10.4. The molecule has 2 aliphatic rings. The highest BCUT2D eigenvalue weighted by Gasteiger charge is 2.28. The molecule has 0 radical (unpaired) electrons. The number of aromatic nitrogens is 2. The van der Waals surface area contributed by atoms with Crippen molar-refractivity contribution in [2.45, 2.75) is 45.8 Å². The third kappa shape index (κ3) is 6.75. The summed E-state index contributed by atoms with van der Waals surface area (Å²) in [7, 11) is 0. The van der Waals surface area contributed by atoms with E-state index in [2.05, 4.69) is 21.4 Å². The largest absolute Gasteiger partial charge is 0.444 e. The lowest BCUT2D eigenvalue weighted by Gasteiger charge is -2.27. The Kier molecular flexibility index (Phi) is 7.30. The fourth-order valence-electron chi connectivity index (χ4n) is 3.83. The number of hydrogen-bond acceptors (Lipinski definition) is 7. The van der Waals surface area contributed by atoms with Crippen molar-refractivity contribution in [2.24, 2.45) is 0 Å². The fourth-order valence-corrected chi connectivity index (χ4v) is 4.44. The Hall–Kier alpha value is -3.53. The number of amides is 3. The monoisotopic (exact) mass is 495 g/mol. The van der Waals surface area contributed by atoms with Crippen molar-refractivity contribution in [2.75, 3.05) is 25.0 Å². The molecule has 2 aromatic rings. The first kappa shape index (κ1) is 24.6. The van der Waals surface area contributed by atoms with E-state index in [-0.39, 0.29) is 24.9 Å². The Labute approximate surface area is 208 Å². The first-order chi connectivity index (χ1) is 16.7. The maximum atomic E-state index is 12.7. The highest BCUT2D eigenvalue weighted by Crippen LogP contribution is 2.23. The number of anilines is 1. The molecular weight excluding hydrogens is 466 g/mol. The molecule has 1 fully saturated rings. The topological polar surface area (TPSA) is 105 Å². The molecule has 2 aromatic heterocycles. The van der Waals surface area contributed by atoms with Crippen LogP contribution >= 0.6 is 11.3 Å². The standard InChI is InChI=1S/C25H29N5O4S/c1-25(2,3)34-24(33)30-15-19-12-18(14-27-23(19)28-20(31)16-30)4-5-22(32)29-9-6-17(7-10-29)13-21-26-8-11-35-21/h4-5,8,11-14H,6-7,9-10,15-16H2,1-3H3,(H,27,28,31)/b5-4+. The van der Waals surface area contributed by atoms with Crippen LogP contribution in [0.2, 0.25) is 0 Å². The predicted octanol–water partition coefficient (Wildman–Crippen LogP) is 3.95. The lowest BCUT2D eigenvalue weighted by molar-refractivity contribution is -0.126. The first-order valence-corrected chi connectivity index (χ1v) is 12.4. The minimum absolute atomic E-state index is 0.0584. The summed E-state index contributed by atoms with van der Waals surface area (Å²) in [5.41, 5.74) is 2.02. The maximum Gasteiger partial charge on any atom is 0.411 e. The van der Waals surface area contributed by atoms with Gasteiger partial charge in [0.05, 0.1) is 6.54 Å². The van der Waals surface area contributed by atoms with E-state index < -0.39 is 11.7 Å². The zero-order chi connectivity index (χ0) is 25.0. The van der Waals surface area contributed by atoms with Crippen molar-refractivity contribution in [1.82, 2.24) is 19.8 Å². The summed E-state index contributed by atoms with van der Waals surface area (Å²) in [6.07, 6.45) is 9.85. The Balaban J connectivity index is 1.40. The lowest BCUT2D eigenvalue weighted by Crippen LogP contribution is -2.39. The highest BCUT2D eigenvalue weighted by molar-refractivity contribution is 7.10. The summed E-state index contributed by atoms with van der Waals surface area (Å²) in [6, 6.07) is 1.82. The second-order valence-corrected chi connectivity index (χ2v) is 10.4. The van der Waals surface area contributed by atoms with E-state index in [1.807, 2.05) is 16.3 Å². The number of ether oxygens (including phenoxy) is 1. The van der Waals surface area contributed by atoms with E-state index in [0.717, 1.165) is 17.8 Å². The normalized spacial score (nSPS) is 16.5.